The van der Waals surface area contributed by atoms with Gasteiger partial charge in [-0.1, -0.05) is 0 Å². The van der Waals surface area contributed by atoms with Crippen LogP contribution < -0.4 is 0 Å². The topological polar surface area (TPSA) is 0 Å². The van der Waals surface area contributed by atoms with Crippen molar-refractivity contribution < 1.29 is 0 Å². The van der Waals surface area contributed by atoms with Gasteiger partial charge in [0.1, 0.15) is 0 Å². The molecule has 0 spiro atoms. The number of unbranched alkanes of at least 4 members (excludes halogenated alkanes) is 3. The first-order chi connectivity index (χ1) is 14.6. The van der Waals surface area contributed by atoms with Crippen LogP contribution in [0.4, 0.5) is 0 Å². The first-order valence-electron chi connectivity index (χ1n) is 12.0. The zero-order valence-corrected chi connectivity index (χ0v) is 22.5. The molecule has 0 N–H and O–H groups in total. The third-order valence-electron chi connectivity index (χ3n) is 6.17. The van der Waals surface area contributed by atoms with E-state index in [2.05, 4.69) is 100 Å². The molecule has 0 saturated carbocycles. The summed E-state index contributed by atoms with van der Waals surface area (Å²) >= 11 is -2.57. The standard InChI is InChI=1S/C17H13.3C4H9.Sn/c1-15-11-13-17(14-12-15)10-6-5-9-16-7-3-2-4-8-16;3*1-3-4-2;/h2-4,6-8,11-14H,1H3;3*1,3-4H2,2H3;. The molecule has 2 aromatic carbocycles. The molecule has 0 aliphatic rings. The second kappa shape index (κ2) is 13.8. The quantitative estimate of drug-likeness (QED) is 0.211. The van der Waals surface area contributed by atoms with Crippen LogP contribution in [-0.4, -0.2) is 18.4 Å². The van der Waals surface area contributed by atoms with Gasteiger partial charge in [-0.05, 0) is 0 Å². The molecule has 2 rings (SSSR count). The summed E-state index contributed by atoms with van der Waals surface area (Å²) in [5.41, 5.74) is 3.89. The molecule has 0 fully saturated rings. The van der Waals surface area contributed by atoms with Crippen molar-refractivity contribution in [3.8, 4) is 11.8 Å². The summed E-state index contributed by atoms with van der Waals surface area (Å²) in [5, 5.41) is 0. The van der Waals surface area contributed by atoms with Gasteiger partial charge in [0.25, 0.3) is 0 Å². The molecule has 0 nitrogen and oxygen atoms in total. The normalized spacial score (nSPS) is 11.8. The summed E-state index contributed by atoms with van der Waals surface area (Å²) in [5.74, 6) is 6.89. The van der Waals surface area contributed by atoms with Gasteiger partial charge in [-0.3, -0.25) is 0 Å². The van der Waals surface area contributed by atoms with Gasteiger partial charge in [0, 0.05) is 0 Å². The van der Waals surface area contributed by atoms with Crippen molar-refractivity contribution in [2.75, 3.05) is 0 Å². The van der Waals surface area contributed by atoms with Gasteiger partial charge >= 0.3 is 191 Å². The van der Waals surface area contributed by atoms with Crippen molar-refractivity contribution >= 4 is 22.0 Å². The van der Waals surface area contributed by atoms with Gasteiger partial charge in [-0.15, -0.1) is 0 Å². The Morgan fingerprint density at radius 2 is 1.30 bits per heavy atom. The van der Waals surface area contributed by atoms with Crippen LogP contribution in [0.25, 0.3) is 3.59 Å². The molecule has 160 valence electrons. The SMILES string of the molecule is CCC[CH2][Sn]([CH2]CCC)([CH2]CCC)/[C](=C\C#Cc1ccccc1)c1ccc(C)cc1. The van der Waals surface area contributed by atoms with Crippen LogP contribution >= 0.6 is 0 Å². The Bertz CT molecular complexity index is 796. The van der Waals surface area contributed by atoms with Crippen LogP contribution in [0.2, 0.25) is 13.3 Å². The van der Waals surface area contributed by atoms with E-state index >= 15 is 0 Å². The first-order valence-corrected chi connectivity index (χ1v) is 19.5. The monoisotopic (exact) mass is 508 g/mol. The molecule has 0 heterocycles. The summed E-state index contributed by atoms with van der Waals surface area (Å²) in [4.78, 5) is 0. The number of hydrogen-bond acceptors (Lipinski definition) is 0. The Labute approximate surface area is 190 Å². The maximum atomic E-state index is 3.49. The minimum absolute atomic E-state index is 1.11. The van der Waals surface area contributed by atoms with Gasteiger partial charge in [-0.2, -0.15) is 0 Å². The average Bonchev–Trinajstić information content (AvgIpc) is 2.78. The Balaban J connectivity index is 2.56. The molecule has 30 heavy (non-hydrogen) atoms. The zero-order chi connectivity index (χ0) is 21.7. The minimum atomic E-state index is -2.57. The summed E-state index contributed by atoms with van der Waals surface area (Å²) in [6.45, 7) is 9.23. The van der Waals surface area contributed by atoms with Gasteiger partial charge in [0.05, 0.1) is 0 Å². The number of hydrogen-bond donors (Lipinski definition) is 0. The fourth-order valence-corrected chi connectivity index (χ4v) is 20.9. The Morgan fingerprint density at radius 3 is 1.80 bits per heavy atom. The van der Waals surface area contributed by atoms with E-state index in [1.165, 1.54) is 63.0 Å². The van der Waals surface area contributed by atoms with Crippen LogP contribution in [0.3, 0.4) is 0 Å². The van der Waals surface area contributed by atoms with E-state index in [-0.39, 0.29) is 0 Å². The van der Waals surface area contributed by atoms with Crippen molar-refractivity contribution in [1.82, 2.24) is 0 Å². The van der Waals surface area contributed by atoms with Gasteiger partial charge in [-0.25, -0.2) is 0 Å². The Kier molecular flexibility index (Phi) is 11.4. The van der Waals surface area contributed by atoms with Crippen molar-refractivity contribution in [2.45, 2.75) is 79.5 Å². The van der Waals surface area contributed by atoms with Crippen LogP contribution in [0.15, 0.2) is 60.7 Å². The van der Waals surface area contributed by atoms with E-state index in [9.17, 15) is 0 Å². The fourth-order valence-electron chi connectivity index (χ4n) is 4.31. The van der Waals surface area contributed by atoms with Crippen LogP contribution in [0.1, 0.15) is 76.0 Å². The second-order valence-corrected chi connectivity index (χ2v) is 21.8. The molecule has 0 bridgehead atoms. The van der Waals surface area contributed by atoms with E-state index in [0.717, 1.165) is 5.56 Å². The van der Waals surface area contributed by atoms with Crippen molar-refractivity contribution in [1.29, 1.82) is 0 Å². The average molecular weight is 507 g/mol. The predicted octanol–water partition coefficient (Wildman–Crippen LogP) is 8.82. The first kappa shape index (κ1) is 24.8. The summed E-state index contributed by atoms with van der Waals surface area (Å²) in [6, 6.07) is 19.7. The van der Waals surface area contributed by atoms with Crippen LogP contribution in [0, 0.1) is 18.8 Å². The third kappa shape index (κ3) is 7.66. The van der Waals surface area contributed by atoms with Crippen LogP contribution in [-0.2, 0) is 0 Å². The molecule has 0 aromatic heterocycles. The molecule has 0 atom stereocenters. The molecular weight excluding hydrogens is 467 g/mol. The molecule has 0 saturated heterocycles. The maximum absolute atomic E-state index is 3.49. The fraction of sp³-hybridized carbons (Fsp3) is 0.448. The van der Waals surface area contributed by atoms with E-state index in [4.69, 9.17) is 0 Å². The van der Waals surface area contributed by atoms with Crippen molar-refractivity contribution in [3.63, 3.8) is 0 Å². The van der Waals surface area contributed by atoms with Gasteiger partial charge in [0.2, 0.25) is 0 Å². The van der Waals surface area contributed by atoms with E-state index in [0.29, 0.717) is 0 Å². The molecule has 0 aliphatic carbocycles. The Hall–Kier alpha value is -1.46. The van der Waals surface area contributed by atoms with Gasteiger partial charge < -0.3 is 0 Å². The Morgan fingerprint density at radius 1 is 0.767 bits per heavy atom. The summed E-state index contributed by atoms with van der Waals surface area (Å²) in [7, 11) is 0. The van der Waals surface area contributed by atoms with E-state index in [1.54, 1.807) is 3.59 Å². The predicted molar refractivity (Wildman–Crippen MR) is 137 cm³/mol. The summed E-state index contributed by atoms with van der Waals surface area (Å²) in [6.07, 6.45) is 10.4. The second-order valence-electron chi connectivity index (χ2n) is 8.65. The molecule has 0 amide bonds. The number of rotatable bonds is 11. The molecule has 1 heteroatoms. The van der Waals surface area contributed by atoms with Crippen molar-refractivity contribution in [3.05, 3.63) is 77.4 Å². The molecule has 0 unspecified atom stereocenters. The van der Waals surface area contributed by atoms with E-state index < -0.39 is 18.4 Å². The number of benzene rings is 2. The van der Waals surface area contributed by atoms with Gasteiger partial charge in [0.15, 0.2) is 0 Å². The van der Waals surface area contributed by atoms with E-state index in [1.807, 2.05) is 0 Å². The molecule has 0 aliphatic heterocycles. The number of allylic oxidation sites excluding steroid dienone is 1. The summed E-state index contributed by atoms with van der Waals surface area (Å²) < 4.78 is 6.08. The number of aryl methyl sites for hydroxylation is 1. The molecular formula is C29H40Sn. The van der Waals surface area contributed by atoms with Crippen molar-refractivity contribution in [2.24, 2.45) is 0 Å². The molecule has 0 radical (unpaired) electrons. The van der Waals surface area contributed by atoms with Crippen LogP contribution in [0.5, 0.6) is 0 Å². The third-order valence-corrected chi connectivity index (χ3v) is 21.9. The molecule has 2 aromatic rings. The zero-order valence-electron chi connectivity index (χ0n) is 19.6.